The highest BCUT2D eigenvalue weighted by atomic mass is 19.4. The third-order valence-electron chi connectivity index (χ3n) is 0.953. The predicted molar refractivity (Wildman–Crippen MR) is 39.6 cm³/mol. The Morgan fingerprint density at radius 2 is 1.92 bits per heavy atom. The fraction of sp³-hybridized carbons (Fsp3) is 0.571. The Hall–Kier alpha value is -1.20. The van der Waals surface area contributed by atoms with Crippen LogP contribution in [0.25, 0.3) is 0 Å². The molecule has 0 aromatic carbocycles. The van der Waals surface area contributed by atoms with E-state index < -0.39 is 23.9 Å². The Balaban J connectivity index is 4.32. The second-order valence-corrected chi connectivity index (χ2v) is 2.58. The monoisotopic (exact) mass is 197 g/mol. The molecule has 0 aromatic rings. The summed E-state index contributed by atoms with van der Waals surface area (Å²) in [6.07, 6.45) is -4.93. The number of carbonyl (C=O) groups is 1. The van der Waals surface area contributed by atoms with Gasteiger partial charge in [0.25, 0.3) is 0 Å². The van der Waals surface area contributed by atoms with E-state index in [1.165, 1.54) is 13.8 Å². The molecule has 0 saturated heterocycles. The van der Waals surface area contributed by atoms with Crippen molar-refractivity contribution in [3.05, 3.63) is 11.8 Å². The van der Waals surface area contributed by atoms with Crippen LogP contribution in [0.3, 0.4) is 0 Å². The number of alkyl halides is 3. The number of halogens is 3. The predicted octanol–water partition coefficient (Wildman–Crippen LogP) is 1.34. The van der Waals surface area contributed by atoms with Gasteiger partial charge < -0.3 is 10.5 Å². The lowest BCUT2D eigenvalue weighted by Gasteiger charge is -2.07. The number of allylic oxidation sites excluding steroid dienone is 1. The lowest BCUT2D eigenvalue weighted by atomic mass is 10.4. The third kappa shape index (κ3) is 5.10. The van der Waals surface area contributed by atoms with E-state index in [1.54, 1.807) is 0 Å². The molecule has 0 aliphatic heterocycles. The minimum absolute atomic E-state index is 0.222. The fourth-order valence-corrected chi connectivity index (χ4v) is 0.475. The van der Waals surface area contributed by atoms with Gasteiger partial charge in [-0.3, -0.25) is 0 Å². The average Bonchev–Trinajstić information content (AvgIpc) is 1.82. The SMILES string of the molecule is CC(C)OC(=O)/C=C(\N)C(F)(F)F. The molecule has 0 bridgehead atoms. The number of carbonyl (C=O) groups excluding carboxylic acids is 1. The number of hydrogen-bond donors (Lipinski definition) is 1. The highest BCUT2D eigenvalue weighted by Crippen LogP contribution is 2.21. The molecular formula is C7H10F3NO2. The van der Waals surface area contributed by atoms with Gasteiger partial charge in [-0.05, 0) is 13.8 Å². The molecule has 0 heterocycles. The van der Waals surface area contributed by atoms with Gasteiger partial charge in [0.1, 0.15) is 5.70 Å². The highest BCUT2D eigenvalue weighted by Gasteiger charge is 2.32. The zero-order valence-corrected chi connectivity index (χ0v) is 7.18. The Labute approximate surface area is 73.4 Å². The van der Waals surface area contributed by atoms with Crippen LogP contribution in [0, 0.1) is 0 Å². The first kappa shape index (κ1) is 11.8. The lowest BCUT2D eigenvalue weighted by molar-refractivity contribution is -0.142. The van der Waals surface area contributed by atoms with Crippen LogP contribution < -0.4 is 5.73 Å². The molecule has 0 aliphatic carbocycles. The standard InChI is InChI=1S/C7H10F3NO2/c1-4(2)13-6(12)3-5(11)7(8,9)10/h3-4H,11H2,1-2H3/b5-3-. The minimum Gasteiger partial charge on any atom is -0.460 e. The molecule has 0 atom stereocenters. The second-order valence-electron chi connectivity index (χ2n) is 2.58. The maximum atomic E-state index is 11.7. The number of esters is 1. The smallest absolute Gasteiger partial charge is 0.430 e. The molecule has 0 fully saturated rings. The van der Waals surface area contributed by atoms with Crippen molar-refractivity contribution in [2.24, 2.45) is 5.73 Å². The van der Waals surface area contributed by atoms with Gasteiger partial charge in [0.2, 0.25) is 0 Å². The van der Waals surface area contributed by atoms with Crippen molar-refractivity contribution in [2.45, 2.75) is 26.1 Å². The number of ether oxygens (including phenoxy) is 1. The van der Waals surface area contributed by atoms with Crippen molar-refractivity contribution in [1.82, 2.24) is 0 Å². The molecular weight excluding hydrogens is 187 g/mol. The average molecular weight is 197 g/mol. The second kappa shape index (κ2) is 4.15. The lowest BCUT2D eigenvalue weighted by Crippen LogP contribution is -2.21. The first-order valence-corrected chi connectivity index (χ1v) is 3.48. The number of hydrogen-bond acceptors (Lipinski definition) is 3. The molecule has 0 rings (SSSR count). The van der Waals surface area contributed by atoms with Crippen LogP contribution in [0.4, 0.5) is 13.2 Å². The van der Waals surface area contributed by atoms with E-state index >= 15 is 0 Å². The normalized spacial score (nSPS) is 13.2. The van der Waals surface area contributed by atoms with Crippen molar-refractivity contribution in [3.8, 4) is 0 Å². The van der Waals surface area contributed by atoms with Gasteiger partial charge in [-0.2, -0.15) is 13.2 Å². The van der Waals surface area contributed by atoms with E-state index in [2.05, 4.69) is 10.5 Å². The van der Waals surface area contributed by atoms with Gasteiger partial charge in [0.15, 0.2) is 0 Å². The topological polar surface area (TPSA) is 52.3 Å². The van der Waals surface area contributed by atoms with Crippen molar-refractivity contribution in [2.75, 3.05) is 0 Å². The molecule has 0 aliphatic rings. The molecule has 0 radical (unpaired) electrons. The van der Waals surface area contributed by atoms with E-state index in [0.717, 1.165) is 0 Å². The van der Waals surface area contributed by atoms with E-state index in [1.807, 2.05) is 0 Å². The maximum absolute atomic E-state index is 11.7. The van der Waals surface area contributed by atoms with Crippen LogP contribution in [0.2, 0.25) is 0 Å². The number of nitrogens with two attached hydrogens (primary N) is 1. The van der Waals surface area contributed by atoms with Crippen LogP contribution in [-0.2, 0) is 9.53 Å². The number of rotatable bonds is 2. The van der Waals surface area contributed by atoms with Crippen LogP contribution in [0.15, 0.2) is 11.8 Å². The summed E-state index contributed by atoms with van der Waals surface area (Å²) < 4.78 is 39.7. The van der Waals surface area contributed by atoms with Crippen LogP contribution >= 0.6 is 0 Å². The van der Waals surface area contributed by atoms with Crippen molar-refractivity contribution < 1.29 is 22.7 Å². The van der Waals surface area contributed by atoms with Gasteiger partial charge in [-0.1, -0.05) is 0 Å². The molecule has 0 unspecified atom stereocenters. The zero-order valence-electron chi connectivity index (χ0n) is 7.18. The van der Waals surface area contributed by atoms with Gasteiger partial charge in [0.05, 0.1) is 12.2 Å². The molecule has 0 amide bonds. The fourth-order valence-electron chi connectivity index (χ4n) is 0.475. The van der Waals surface area contributed by atoms with Crippen molar-refractivity contribution in [1.29, 1.82) is 0 Å². The van der Waals surface area contributed by atoms with Crippen LogP contribution in [-0.4, -0.2) is 18.2 Å². The summed E-state index contributed by atoms with van der Waals surface area (Å²) in [5.41, 5.74) is 3.10. The summed E-state index contributed by atoms with van der Waals surface area (Å²) in [5, 5.41) is 0. The zero-order chi connectivity index (χ0) is 10.6. The molecule has 0 saturated carbocycles. The summed E-state index contributed by atoms with van der Waals surface area (Å²) >= 11 is 0. The summed E-state index contributed by atoms with van der Waals surface area (Å²) in [7, 11) is 0. The highest BCUT2D eigenvalue weighted by molar-refractivity contribution is 5.82. The summed E-state index contributed by atoms with van der Waals surface area (Å²) in [6, 6.07) is 0. The summed E-state index contributed by atoms with van der Waals surface area (Å²) in [6.45, 7) is 3.05. The maximum Gasteiger partial charge on any atom is 0.430 e. The van der Waals surface area contributed by atoms with E-state index in [-0.39, 0.29) is 6.08 Å². The Bertz CT molecular complexity index is 220. The Morgan fingerprint density at radius 1 is 1.46 bits per heavy atom. The third-order valence-corrected chi connectivity index (χ3v) is 0.953. The molecule has 13 heavy (non-hydrogen) atoms. The quantitative estimate of drug-likeness (QED) is 0.536. The van der Waals surface area contributed by atoms with E-state index in [4.69, 9.17) is 0 Å². The van der Waals surface area contributed by atoms with Crippen LogP contribution in [0.1, 0.15) is 13.8 Å². The van der Waals surface area contributed by atoms with Gasteiger partial charge in [-0.15, -0.1) is 0 Å². The van der Waals surface area contributed by atoms with Crippen LogP contribution in [0.5, 0.6) is 0 Å². The van der Waals surface area contributed by atoms with Gasteiger partial charge in [-0.25, -0.2) is 4.79 Å². The minimum atomic E-state index is -4.68. The Kier molecular flexibility index (Phi) is 3.77. The van der Waals surface area contributed by atoms with E-state index in [0.29, 0.717) is 0 Å². The first-order chi connectivity index (χ1) is 5.73. The summed E-state index contributed by atoms with van der Waals surface area (Å²) in [4.78, 5) is 10.6. The molecule has 0 aromatic heterocycles. The van der Waals surface area contributed by atoms with Gasteiger partial charge in [0, 0.05) is 0 Å². The molecule has 76 valence electrons. The molecule has 0 spiro atoms. The molecule has 3 nitrogen and oxygen atoms in total. The largest absolute Gasteiger partial charge is 0.460 e. The van der Waals surface area contributed by atoms with Crippen molar-refractivity contribution >= 4 is 5.97 Å². The van der Waals surface area contributed by atoms with Crippen molar-refractivity contribution in [3.63, 3.8) is 0 Å². The van der Waals surface area contributed by atoms with Gasteiger partial charge >= 0.3 is 12.1 Å². The summed E-state index contributed by atoms with van der Waals surface area (Å²) in [5.74, 6) is -1.09. The van der Waals surface area contributed by atoms with E-state index in [9.17, 15) is 18.0 Å². The molecule has 2 N–H and O–H groups in total. The molecule has 6 heteroatoms. The first-order valence-electron chi connectivity index (χ1n) is 3.48. The Morgan fingerprint density at radius 3 is 2.23 bits per heavy atom.